The summed E-state index contributed by atoms with van der Waals surface area (Å²) in [5, 5.41) is 9.85. The topological polar surface area (TPSA) is 79.6 Å². The summed E-state index contributed by atoms with van der Waals surface area (Å²) < 4.78 is 71.9. The lowest BCUT2D eigenvalue weighted by atomic mass is 9.91. The second-order valence-corrected chi connectivity index (χ2v) is 13.2. The lowest BCUT2D eigenvalue weighted by molar-refractivity contribution is -0.142. The molecule has 5 aromatic rings. The molecule has 0 saturated carbocycles. The first-order valence-corrected chi connectivity index (χ1v) is 16.0. The maximum Gasteiger partial charge on any atom is 0.306 e. The molecule has 45 heavy (non-hydrogen) atoms. The summed E-state index contributed by atoms with van der Waals surface area (Å²) in [5.74, 6) is -1.77. The minimum absolute atomic E-state index is 0.186. The van der Waals surface area contributed by atoms with Crippen LogP contribution in [0.5, 0.6) is 0 Å². The average Bonchev–Trinajstić information content (AvgIpc) is 3.36. The normalized spacial score (nSPS) is 14.4. The molecule has 232 valence electrons. The van der Waals surface area contributed by atoms with Gasteiger partial charge in [0.15, 0.2) is 0 Å². The molecule has 0 amide bonds. The van der Waals surface area contributed by atoms with Gasteiger partial charge in [0.25, 0.3) is 16.4 Å². The Kier molecular flexibility index (Phi) is 7.95. The van der Waals surface area contributed by atoms with Gasteiger partial charge in [-0.1, -0.05) is 42.5 Å². The first kappa shape index (κ1) is 30.5. The van der Waals surface area contributed by atoms with E-state index in [1.165, 1.54) is 22.2 Å². The van der Waals surface area contributed by atoms with E-state index in [4.69, 9.17) is 0 Å². The Labute approximate surface area is 259 Å². The number of carboxylic acids is 1. The van der Waals surface area contributed by atoms with E-state index in [1.807, 2.05) is 50.2 Å². The van der Waals surface area contributed by atoms with Crippen LogP contribution in [-0.2, 0) is 14.8 Å². The molecule has 0 bridgehead atoms. The molecule has 6 nitrogen and oxygen atoms in total. The van der Waals surface area contributed by atoms with E-state index in [2.05, 4.69) is 4.90 Å². The van der Waals surface area contributed by atoms with Crippen LogP contribution in [0.25, 0.3) is 33.3 Å². The molecule has 10 heteroatoms. The summed E-state index contributed by atoms with van der Waals surface area (Å²) in [6.45, 7) is 4.87. The van der Waals surface area contributed by atoms with Crippen LogP contribution in [-0.4, -0.2) is 36.6 Å². The van der Waals surface area contributed by atoms with E-state index in [-0.39, 0.29) is 16.0 Å². The molecular formula is C35H31F3N2O4S. The van der Waals surface area contributed by atoms with Crippen LogP contribution in [0.2, 0.25) is 0 Å². The van der Waals surface area contributed by atoms with E-state index in [9.17, 15) is 31.5 Å². The maximum atomic E-state index is 14.9. The summed E-state index contributed by atoms with van der Waals surface area (Å²) in [5.41, 5.74) is 4.63. The van der Waals surface area contributed by atoms with Crippen molar-refractivity contribution >= 4 is 32.6 Å². The Morgan fingerprint density at radius 1 is 0.867 bits per heavy atom. The number of halogens is 3. The predicted octanol–water partition coefficient (Wildman–Crippen LogP) is 8.21. The van der Waals surface area contributed by atoms with Crippen LogP contribution >= 0.6 is 0 Å². The molecule has 0 unspecified atom stereocenters. The molecule has 0 atom stereocenters. The molecular weight excluding hydrogens is 601 g/mol. The zero-order chi connectivity index (χ0) is 32.0. The number of hydrogen-bond acceptors (Lipinski definition) is 4. The number of fused-ring (bicyclic) bond motifs is 1. The van der Waals surface area contributed by atoms with E-state index in [0.717, 1.165) is 46.6 Å². The molecule has 1 saturated heterocycles. The summed E-state index contributed by atoms with van der Waals surface area (Å²) in [4.78, 5) is 13.4. The van der Waals surface area contributed by atoms with Crippen LogP contribution in [0.15, 0.2) is 89.8 Å². The second-order valence-electron chi connectivity index (χ2n) is 11.4. The Hall–Kier alpha value is -4.57. The van der Waals surface area contributed by atoms with Crippen LogP contribution in [0, 0.1) is 25.6 Å². The van der Waals surface area contributed by atoms with Gasteiger partial charge < -0.3 is 10.0 Å². The second kappa shape index (κ2) is 11.7. The molecule has 1 N–H and O–H groups in total. The Bertz CT molecular complexity index is 2010. The van der Waals surface area contributed by atoms with Gasteiger partial charge in [-0.3, -0.25) is 4.79 Å². The van der Waals surface area contributed by atoms with Gasteiger partial charge in [0.05, 0.1) is 22.0 Å². The van der Waals surface area contributed by atoms with Crippen LogP contribution in [0.4, 0.5) is 18.9 Å². The Balaban J connectivity index is 1.64. The van der Waals surface area contributed by atoms with Crippen molar-refractivity contribution in [1.29, 1.82) is 0 Å². The summed E-state index contributed by atoms with van der Waals surface area (Å²) >= 11 is 0. The van der Waals surface area contributed by atoms with Gasteiger partial charge in [-0.25, -0.2) is 25.6 Å². The average molecular weight is 633 g/mol. The third-order valence-electron chi connectivity index (χ3n) is 8.62. The molecule has 1 aliphatic heterocycles. The van der Waals surface area contributed by atoms with Gasteiger partial charge in [-0.05, 0) is 85.8 Å². The monoisotopic (exact) mass is 632 g/mol. The first-order chi connectivity index (χ1) is 21.5. The third-order valence-corrected chi connectivity index (χ3v) is 10.3. The van der Waals surface area contributed by atoms with Crippen LogP contribution < -0.4 is 4.90 Å². The summed E-state index contributed by atoms with van der Waals surface area (Å²) in [6.07, 6.45) is -1.79. The number of carboxylic acid groups (broad SMARTS) is 1. The number of piperidine rings is 1. The highest BCUT2D eigenvalue weighted by atomic mass is 32.2. The number of carbonyl (C=O) groups is 1. The van der Waals surface area contributed by atoms with Gasteiger partial charge in [-0.2, -0.15) is 0 Å². The highest BCUT2D eigenvalue weighted by Gasteiger charge is 2.31. The van der Waals surface area contributed by atoms with Crippen molar-refractivity contribution in [2.45, 2.75) is 38.0 Å². The number of anilines is 1. The lowest BCUT2D eigenvalue weighted by Gasteiger charge is -2.32. The van der Waals surface area contributed by atoms with Gasteiger partial charge in [0, 0.05) is 40.9 Å². The number of nitrogens with zero attached hydrogens (tertiary/aromatic N) is 2. The highest BCUT2D eigenvalue weighted by molar-refractivity contribution is 7.90. The van der Waals surface area contributed by atoms with Gasteiger partial charge in [-0.15, -0.1) is 0 Å². The molecule has 1 aromatic heterocycles. The van der Waals surface area contributed by atoms with Crippen molar-refractivity contribution in [3.05, 3.63) is 107 Å². The van der Waals surface area contributed by atoms with Crippen LogP contribution in [0.1, 0.15) is 36.0 Å². The van der Waals surface area contributed by atoms with Crippen LogP contribution in [0.3, 0.4) is 0 Å². The van der Waals surface area contributed by atoms with Crippen molar-refractivity contribution < 1.29 is 31.5 Å². The van der Waals surface area contributed by atoms with E-state index in [1.54, 1.807) is 6.07 Å². The highest BCUT2D eigenvalue weighted by Crippen LogP contribution is 2.46. The first-order valence-electron chi connectivity index (χ1n) is 14.6. The molecule has 4 aromatic carbocycles. The summed E-state index contributed by atoms with van der Waals surface area (Å²) in [6, 6.07) is 21.6. The van der Waals surface area contributed by atoms with Crippen molar-refractivity contribution in [2.75, 3.05) is 18.0 Å². The van der Waals surface area contributed by atoms with Gasteiger partial charge >= 0.3 is 5.97 Å². The molecule has 0 spiro atoms. The van der Waals surface area contributed by atoms with Crippen molar-refractivity contribution in [3.63, 3.8) is 0 Å². The number of aryl methyl sites for hydroxylation is 2. The maximum absolute atomic E-state index is 14.9. The largest absolute Gasteiger partial charge is 0.481 e. The quantitative estimate of drug-likeness (QED) is 0.196. The molecule has 0 radical (unpaired) electrons. The third kappa shape index (κ3) is 5.48. The SMILES string of the molecule is Cc1cccc(C)c1-c1c(-c2cccc(N3CCC(C(=O)O)CC3)c2)n(S(=O)(=O)c2ccc(C(F)F)cc2)c2ccc(F)cc12. The standard InChI is InChI=1S/C35H31F3N2O4S/c1-21-5-3-6-22(2)31(21)32-29-20-26(36)11-14-30(29)40(45(43,44)28-12-9-23(10-13-28)34(37)38)33(32)25-7-4-8-27(19-25)39-17-15-24(16-18-39)35(41)42/h3-14,19-20,24,34H,15-18H2,1-2H3,(H,41,42). The molecule has 6 rings (SSSR count). The van der Waals surface area contributed by atoms with Gasteiger partial charge in [0.2, 0.25) is 0 Å². The van der Waals surface area contributed by atoms with E-state index < -0.39 is 34.2 Å². The van der Waals surface area contributed by atoms with Crippen molar-refractivity contribution in [3.8, 4) is 22.4 Å². The van der Waals surface area contributed by atoms with E-state index >= 15 is 0 Å². The zero-order valence-corrected chi connectivity index (χ0v) is 25.5. The fourth-order valence-corrected chi connectivity index (χ4v) is 7.88. The molecule has 1 aliphatic rings. The Morgan fingerprint density at radius 2 is 1.51 bits per heavy atom. The number of aromatic nitrogens is 1. The number of rotatable bonds is 7. The van der Waals surface area contributed by atoms with Crippen molar-refractivity contribution in [1.82, 2.24) is 3.97 Å². The van der Waals surface area contributed by atoms with E-state index in [0.29, 0.717) is 48.1 Å². The Morgan fingerprint density at radius 3 is 2.13 bits per heavy atom. The fraction of sp³-hybridized carbons (Fsp3) is 0.229. The molecule has 0 aliphatic carbocycles. The number of alkyl halides is 2. The minimum Gasteiger partial charge on any atom is -0.481 e. The predicted molar refractivity (Wildman–Crippen MR) is 169 cm³/mol. The lowest BCUT2D eigenvalue weighted by Crippen LogP contribution is -2.36. The number of hydrogen-bond donors (Lipinski definition) is 1. The van der Waals surface area contributed by atoms with Gasteiger partial charge in [0.1, 0.15) is 5.82 Å². The van der Waals surface area contributed by atoms with Crippen molar-refractivity contribution in [2.24, 2.45) is 5.92 Å². The molecule has 1 fully saturated rings. The smallest absolute Gasteiger partial charge is 0.306 e. The number of aliphatic carboxylic acids is 1. The minimum atomic E-state index is -4.40. The molecule has 2 heterocycles. The number of benzene rings is 4. The zero-order valence-electron chi connectivity index (χ0n) is 24.7. The fourth-order valence-electron chi connectivity index (χ4n) is 6.33. The summed E-state index contributed by atoms with van der Waals surface area (Å²) in [7, 11) is -4.40.